The fraction of sp³-hybridized carbons (Fsp3) is 0.292. The molecule has 3 aromatic rings. The topological polar surface area (TPSA) is 138 Å². The molecule has 0 radical (unpaired) electrons. The number of amides is 1. The lowest BCUT2D eigenvalue weighted by Crippen LogP contribution is -2.60. The Morgan fingerprint density at radius 3 is 2.50 bits per heavy atom. The highest BCUT2D eigenvalue weighted by atomic mass is 79.9. The number of ether oxygens (including phenoxy) is 3. The van der Waals surface area contributed by atoms with Crippen molar-refractivity contribution in [3.63, 3.8) is 0 Å². The van der Waals surface area contributed by atoms with E-state index in [1.807, 2.05) is 18.2 Å². The first kappa shape index (κ1) is 24.4. The van der Waals surface area contributed by atoms with Crippen LogP contribution in [-0.4, -0.2) is 70.8 Å². The highest BCUT2D eigenvalue weighted by molar-refractivity contribution is 9.10. The van der Waals surface area contributed by atoms with Crippen LogP contribution in [0, 0.1) is 0 Å². The lowest BCUT2D eigenvalue weighted by atomic mass is 9.99. The van der Waals surface area contributed by atoms with Crippen molar-refractivity contribution in [2.45, 2.75) is 30.7 Å². The van der Waals surface area contributed by atoms with Crippen LogP contribution < -0.4 is 14.8 Å². The summed E-state index contributed by atoms with van der Waals surface area (Å²) < 4.78 is 17.4. The summed E-state index contributed by atoms with van der Waals surface area (Å²) in [6.07, 6.45) is -7.35. The molecule has 1 aliphatic heterocycles. The molecule has 4 rings (SSSR count). The first-order valence-corrected chi connectivity index (χ1v) is 11.3. The molecule has 1 saturated heterocycles. The van der Waals surface area contributed by atoms with Gasteiger partial charge in [0, 0.05) is 4.47 Å². The standard InChI is InChI=1S/C24H24BrNO8/c1-32-17-5-3-2-4-16(17)26-23(31)15-9-13-8-14(25)7-6-12(13)10-18(15)33-24-22(30)21(29)20(28)19(11-27)34-24/h2-10,19-22,24,27-30H,11H2,1H3,(H,26,31)/t19?,20-,21?,22?,24+/m0/s1. The quantitative estimate of drug-likeness (QED) is 0.324. The number of carbonyl (C=O) groups excluding carboxylic acids is 1. The number of carbonyl (C=O) groups is 1. The Morgan fingerprint density at radius 2 is 1.76 bits per heavy atom. The Kier molecular flexibility index (Phi) is 7.36. The Labute approximate surface area is 203 Å². The van der Waals surface area contributed by atoms with Crippen molar-refractivity contribution in [1.29, 1.82) is 0 Å². The van der Waals surface area contributed by atoms with Crippen LogP contribution in [0.5, 0.6) is 11.5 Å². The second-order valence-electron chi connectivity index (χ2n) is 7.81. The minimum absolute atomic E-state index is 0.0755. The summed E-state index contributed by atoms with van der Waals surface area (Å²) in [4.78, 5) is 13.3. The number of aliphatic hydroxyl groups is 4. The molecule has 34 heavy (non-hydrogen) atoms. The van der Waals surface area contributed by atoms with E-state index in [0.717, 1.165) is 15.2 Å². The molecule has 5 atom stereocenters. The van der Waals surface area contributed by atoms with Gasteiger partial charge in [0.25, 0.3) is 5.91 Å². The van der Waals surface area contributed by atoms with Crippen molar-refractivity contribution in [1.82, 2.24) is 0 Å². The van der Waals surface area contributed by atoms with Gasteiger partial charge in [0.05, 0.1) is 25.0 Å². The van der Waals surface area contributed by atoms with Crippen LogP contribution in [0.4, 0.5) is 5.69 Å². The van der Waals surface area contributed by atoms with Crippen molar-refractivity contribution >= 4 is 38.3 Å². The molecular formula is C24H24BrNO8. The number of hydrogen-bond donors (Lipinski definition) is 5. The van der Waals surface area contributed by atoms with E-state index in [4.69, 9.17) is 14.2 Å². The van der Waals surface area contributed by atoms with E-state index < -0.39 is 43.2 Å². The van der Waals surface area contributed by atoms with E-state index in [2.05, 4.69) is 21.2 Å². The van der Waals surface area contributed by atoms with E-state index in [1.54, 1.807) is 36.4 Å². The average molecular weight is 534 g/mol. The zero-order valence-corrected chi connectivity index (χ0v) is 19.7. The zero-order valence-electron chi connectivity index (χ0n) is 18.1. The van der Waals surface area contributed by atoms with Crippen LogP contribution in [-0.2, 0) is 4.74 Å². The number of anilines is 1. The third-order valence-corrected chi connectivity index (χ3v) is 6.09. The Balaban J connectivity index is 1.72. The van der Waals surface area contributed by atoms with Crippen molar-refractivity contribution in [3.8, 4) is 11.5 Å². The molecule has 0 aliphatic carbocycles. The number of para-hydroxylation sites is 2. The number of nitrogens with one attached hydrogen (secondary N) is 1. The summed E-state index contributed by atoms with van der Waals surface area (Å²) in [5.41, 5.74) is 0.580. The minimum Gasteiger partial charge on any atom is -0.495 e. The molecule has 0 aromatic heterocycles. The van der Waals surface area contributed by atoms with E-state index in [9.17, 15) is 25.2 Å². The molecule has 5 N–H and O–H groups in total. The van der Waals surface area contributed by atoms with Crippen LogP contribution in [0.2, 0.25) is 0 Å². The molecule has 0 spiro atoms. The lowest BCUT2D eigenvalue weighted by molar-refractivity contribution is -0.277. The van der Waals surface area contributed by atoms with E-state index in [0.29, 0.717) is 11.4 Å². The molecule has 1 heterocycles. The summed E-state index contributed by atoms with van der Waals surface area (Å²) >= 11 is 3.42. The summed E-state index contributed by atoms with van der Waals surface area (Å²) in [7, 11) is 1.49. The SMILES string of the molecule is COc1ccccc1NC(=O)c1cc2cc(Br)ccc2cc1O[C@@H]1OC(CO)[C@H](O)C(O)C1O. The molecule has 10 heteroatoms. The van der Waals surface area contributed by atoms with Gasteiger partial charge in [-0.15, -0.1) is 0 Å². The van der Waals surface area contributed by atoms with Crippen LogP contribution in [0.1, 0.15) is 10.4 Å². The summed E-state index contributed by atoms with van der Waals surface area (Å²) in [6, 6.07) is 15.6. The maximum absolute atomic E-state index is 13.3. The van der Waals surface area contributed by atoms with Gasteiger partial charge in [-0.2, -0.15) is 0 Å². The van der Waals surface area contributed by atoms with Crippen LogP contribution in [0.15, 0.2) is 59.1 Å². The fourth-order valence-electron chi connectivity index (χ4n) is 3.75. The Hall–Kier alpha value is -2.73. The maximum Gasteiger partial charge on any atom is 0.259 e. The second-order valence-corrected chi connectivity index (χ2v) is 8.73. The third-order valence-electron chi connectivity index (χ3n) is 5.59. The number of methoxy groups -OCH3 is 1. The normalized spacial score (nSPS) is 24.6. The fourth-order valence-corrected chi connectivity index (χ4v) is 4.13. The molecule has 0 saturated carbocycles. The first-order chi connectivity index (χ1) is 16.3. The van der Waals surface area contributed by atoms with Gasteiger partial charge in [-0.1, -0.05) is 34.1 Å². The highest BCUT2D eigenvalue weighted by Gasteiger charge is 2.45. The molecule has 3 unspecified atom stereocenters. The summed E-state index contributed by atoms with van der Waals surface area (Å²) in [5.74, 6) is 0.0355. The molecule has 180 valence electrons. The molecular weight excluding hydrogens is 510 g/mol. The molecule has 0 bridgehead atoms. The number of aliphatic hydroxyl groups excluding tert-OH is 4. The highest BCUT2D eigenvalue weighted by Crippen LogP contribution is 2.33. The van der Waals surface area contributed by atoms with Gasteiger partial charge < -0.3 is 40.0 Å². The predicted molar refractivity (Wildman–Crippen MR) is 127 cm³/mol. The molecule has 9 nitrogen and oxygen atoms in total. The van der Waals surface area contributed by atoms with E-state index in [1.165, 1.54) is 7.11 Å². The van der Waals surface area contributed by atoms with Crippen LogP contribution in [0.25, 0.3) is 10.8 Å². The van der Waals surface area contributed by atoms with Gasteiger partial charge in [0.15, 0.2) is 0 Å². The number of hydrogen-bond acceptors (Lipinski definition) is 8. The van der Waals surface area contributed by atoms with Gasteiger partial charge >= 0.3 is 0 Å². The van der Waals surface area contributed by atoms with Crippen molar-refractivity contribution in [2.24, 2.45) is 0 Å². The number of halogens is 1. The van der Waals surface area contributed by atoms with Crippen LogP contribution >= 0.6 is 15.9 Å². The van der Waals surface area contributed by atoms with Crippen molar-refractivity contribution in [3.05, 3.63) is 64.6 Å². The van der Waals surface area contributed by atoms with Crippen LogP contribution in [0.3, 0.4) is 0 Å². The smallest absolute Gasteiger partial charge is 0.259 e. The Bertz CT molecular complexity index is 1190. The minimum atomic E-state index is -1.62. The number of fused-ring (bicyclic) bond motifs is 1. The monoisotopic (exact) mass is 533 g/mol. The lowest BCUT2D eigenvalue weighted by Gasteiger charge is -2.39. The van der Waals surface area contributed by atoms with Crippen molar-refractivity contribution in [2.75, 3.05) is 19.0 Å². The number of benzene rings is 3. The first-order valence-electron chi connectivity index (χ1n) is 10.5. The third kappa shape index (κ3) is 4.88. The number of rotatable bonds is 6. The largest absolute Gasteiger partial charge is 0.495 e. The van der Waals surface area contributed by atoms with Crippen molar-refractivity contribution < 1.29 is 39.4 Å². The second kappa shape index (κ2) is 10.3. The molecule has 1 amide bonds. The summed E-state index contributed by atoms with van der Waals surface area (Å²) in [5, 5.41) is 44.3. The average Bonchev–Trinajstić information content (AvgIpc) is 2.84. The maximum atomic E-state index is 13.3. The molecule has 1 fully saturated rings. The summed E-state index contributed by atoms with van der Waals surface area (Å²) in [6.45, 7) is -0.600. The van der Waals surface area contributed by atoms with Gasteiger partial charge in [-0.3, -0.25) is 4.79 Å². The zero-order chi connectivity index (χ0) is 24.4. The van der Waals surface area contributed by atoms with Gasteiger partial charge in [-0.05, 0) is 47.2 Å². The molecule has 1 aliphatic rings. The van der Waals surface area contributed by atoms with E-state index in [-0.39, 0.29) is 11.3 Å². The van der Waals surface area contributed by atoms with Gasteiger partial charge in [0.1, 0.15) is 35.9 Å². The van der Waals surface area contributed by atoms with Gasteiger partial charge in [-0.25, -0.2) is 0 Å². The Morgan fingerprint density at radius 1 is 1.00 bits per heavy atom. The van der Waals surface area contributed by atoms with Gasteiger partial charge in [0.2, 0.25) is 6.29 Å². The molecule has 3 aromatic carbocycles. The van der Waals surface area contributed by atoms with E-state index >= 15 is 0 Å². The predicted octanol–water partition coefficient (Wildman–Crippen LogP) is 2.04.